The Balaban J connectivity index is 3.20. The summed E-state index contributed by atoms with van der Waals surface area (Å²) in [6.45, 7) is 7.50. The molecule has 0 saturated carbocycles. The Morgan fingerprint density at radius 1 is 1.21 bits per heavy atom. The fraction of sp³-hybridized carbons (Fsp3) is 1.00. The van der Waals surface area contributed by atoms with Crippen LogP contribution >= 0.6 is 0 Å². The summed E-state index contributed by atoms with van der Waals surface area (Å²) in [5.41, 5.74) is 0. The van der Waals surface area contributed by atoms with E-state index in [-0.39, 0.29) is 9.74 Å². The molecule has 0 aliphatic heterocycles. The maximum Gasteiger partial charge on any atom is 0.0619 e. The van der Waals surface area contributed by atoms with Crippen LogP contribution in [0.15, 0.2) is 0 Å². The zero-order chi connectivity index (χ0) is 10.8. The van der Waals surface area contributed by atoms with Crippen LogP contribution in [0.1, 0.15) is 52.9 Å². The maximum atomic E-state index is 5.58. The second kappa shape index (κ2) is 10.1. The van der Waals surface area contributed by atoms with Gasteiger partial charge in [-0.15, -0.1) is 0 Å². The highest BCUT2D eigenvalue weighted by atomic mass is 32.8. The molecule has 0 aromatic rings. The highest BCUT2D eigenvalue weighted by Crippen LogP contribution is 2.04. The molecule has 0 amide bonds. The molecule has 0 rings (SSSR count). The van der Waals surface area contributed by atoms with Crippen LogP contribution in [-0.4, -0.2) is 12.4 Å². The van der Waals surface area contributed by atoms with Crippen LogP contribution in [0.5, 0.6) is 0 Å². The summed E-state index contributed by atoms with van der Waals surface area (Å²) < 4.78 is 5.58. The van der Waals surface area contributed by atoms with Crippen molar-refractivity contribution < 1.29 is 4.18 Å². The molecule has 0 radical (unpaired) electrons. The van der Waals surface area contributed by atoms with Crippen LogP contribution < -0.4 is 0 Å². The molecule has 0 heterocycles. The molecule has 0 N–H and O–H groups in total. The Bertz CT molecular complexity index is 146. The average Bonchev–Trinajstić information content (AvgIpc) is 2.12. The van der Waals surface area contributed by atoms with Crippen molar-refractivity contribution in [2.45, 2.75) is 52.9 Å². The van der Waals surface area contributed by atoms with E-state index in [1.54, 1.807) is 0 Å². The molecule has 1 atom stereocenters. The summed E-state index contributed by atoms with van der Waals surface area (Å²) in [5, 5.41) is 0. The van der Waals surface area contributed by atoms with Gasteiger partial charge >= 0.3 is 0 Å². The van der Waals surface area contributed by atoms with E-state index >= 15 is 0 Å². The van der Waals surface area contributed by atoms with Gasteiger partial charge in [0.15, 0.2) is 0 Å². The molecule has 0 aromatic heterocycles. The topological polar surface area (TPSA) is 9.23 Å². The standard InChI is InChI=1S/C11H24OS2/c1-4-5-6-7-10-14(13)12-9-8-11(2)3/h11H,4-10H2,1-3H3. The molecular formula is C11H24OS2. The van der Waals surface area contributed by atoms with Crippen LogP contribution in [0.25, 0.3) is 0 Å². The van der Waals surface area contributed by atoms with Gasteiger partial charge in [-0.05, 0) is 29.9 Å². The molecule has 1 nitrogen and oxygen atoms in total. The first-order valence-corrected chi connectivity index (χ1v) is 7.92. The fourth-order valence-corrected chi connectivity index (χ4v) is 2.48. The normalized spacial score (nSPS) is 13.4. The van der Waals surface area contributed by atoms with Gasteiger partial charge in [-0.2, -0.15) is 0 Å². The minimum atomic E-state index is -0.207. The van der Waals surface area contributed by atoms with E-state index in [0.29, 0.717) is 0 Å². The Hall–Kier alpha value is 0.530. The van der Waals surface area contributed by atoms with Gasteiger partial charge in [-0.1, -0.05) is 40.0 Å². The lowest BCUT2D eigenvalue weighted by atomic mass is 10.2. The third-order valence-corrected chi connectivity index (χ3v) is 3.91. The molecule has 0 aliphatic carbocycles. The van der Waals surface area contributed by atoms with Crippen LogP contribution in [0.4, 0.5) is 0 Å². The first-order chi connectivity index (χ1) is 6.66. The van der Waals surface area contributed by atoms with Crippen LogP contribution in [0.3, 0.4) is 0 Å². The van der Waals surface area contributed by atoms with Gasteiger partial charge in [0.2, 0.25) is 0 Å². The summed E-state index contributed by atoms with van der Waals surface area (Å²) in [5.74, 6) is 1.80. The lowest BCUT2D eigenvalue weighted by Crippen LogP contribution is -2.04. The molecule has 14 heavy (non-hydrogen) atoms. The third kappa shape index (κ3) is 10.6. The minimum Gasteiger partial charge on any atom is -0.312 e. The molecule has 0 saturated heterocycles. The smallest absolute Gasteiger partial charge is 0.0619 e. The van der Waals surface area contributed by atoms with Crippen molar-refractivity contribution in [2.75, 3.05) is 12.4 Å². The van der Waals surface area contributed by atoms with E-state index in [0.717, 1.165) is 24.7 Å². The summed E-state index contributed by atoms with van der Waals surface area (Å²) in [4.78, 5) is 0. The van der Waals surface area contributed by atoms with Gasteiger partial charge in [0.25, 0.3) is 0 Å². The molecule has 0 aliphatic rings. The molecule has 1 unspecified atom stereocenters. The Labute approximate surface area is 96.4 Å². The lowest BCUT2D eigenvalue weighted by molar-refractivity contribution is 0.331. The quantitative estimate of drug-likeness (QED) is 0.565. The average molecular weight is 236 g/mol. The van der Waals surface area contributed by atoms with Crippen molar-refractivity contribution in [2.24, 2.45) is 5.92 Å². The Kier molecular flexibility index (Phi) is 10.4. The van der Waals surface area contributed by atoms with Crippen molar-refractivity contribution in [3.8, 4) is 0 Å². The third-order valence-electron chi connectivity index (χ3n) is 2.07. The molecular weight excluding hydrogens is 212 g/mol. The van der Waals surface area contributed by atoms with Gasteiger partial charge in [-0.25, -0.2) is 0 Å². The molecule has 0 fully saturated rings. The predicted octanol–water partition coefficient (Wildman–Crippen LogP) is 3.62. The SMILES string of the molecule is CCCCCCS(=S)OCCC(C)C. The zero-order valence-corrected chi connectivity index (χ0v) is 11.4. The lowest BCUT2D eigenvalue weighted by Gasteiger charge is -2.07. The largest absolute Gasteiger partial charge is 0.312 e. The highest BCUT2D eigenvalue weighted by molar-refractivity contribution is 8.26. The van der Waals surface area contributed by atoms with E-state index < -0.39 is 0 Å². The first-order valence-electron chi connectivity index (χ1n) is 5.68. The first kappa shape index (κ1) is 14.5. The van der Waals surface area contributed by atoms with Crippen LogP contribution in [0.2, 0.25) is 0 Å². The maximum absolute atomic E-state index is 5.58. The van der Waals surface area contributed by atoms with Crippen molar-refractivity contribution in [3.63, 3.8) is 0 Å². The van der Waals surface area contributed by atoms with Gasteiger partial charge in [-0.3, -0.25) is 0 Å². The fourth-order valence-electron chi connectivity index (χ4n) is 1.08. The molecule has 3 heteroatoms. The van der Waals surface area contributed by atoms with Crippen molar-refractivity contribution in [1.29, 1.82) is 0 Å². The van der Waals surface area contributed by atoms with Crippen molar-refractivity contribution in [1.82, 2.24) is 0 Å². The number of hydrogen-bond donors (Lipinski definition) is 0. The Morgan fingerprint density at radius 2 is 1.93 bits per heavy atom. The minimum absolute atomic E-state index is 0.207. The second-order valence-electron chi connectivity index (χ2n) is 4.07. The van der Waals surface area contributed by atoms with Crippen molar-refractivity contribution >= 4 is 20.9 Å². The van der Waals surface area contributed by atoms with Gasteiger partial charge < -0.3 is 4.18 Å². The van der Waals surface area contributed by atoms with E-state index in [2.05, 4.69) is 20.8 Å². The molecule has 0 aromatic carbocycles. The summed E-state index contributed by atoms with van der Waals surface area (Å²) in [6.07, 6.45) is 6.30. The summed E-state index contributed by atoms with van der Waals surface area (Å²) >= 11 is 5.24. The van der Waals surface area contributed by atoms with Crippen molar-refractivity contribution in [3.05, 3.63) is 0 Å². The van der Waals surface area contributed by atoms with Crippen LogP contribution in [0, 0.1) is 5.92 Å². The van der Waals surface area contributed by atoms with E-state index in [1.165, 1.54) is 25.7 Å². The predicted molar refractivity (Wildman–Crippen MR) is 69.1 cm³/mol. The molecule has 86 valence electrons. The van der Waals surface area contributed by atoms with E-state index in [1.807, 2.05) is 0 Å². The number of rotatable bonds is 9. The molecule has 0 bridgehead atoms. The van der Waals surface area contributed by atoms with E-state index in [4.69, 9.17) is 15.4 Å². The van der Waals surface area contributed by atoms with Gasteiger partial charge in [0, 0.05) is 15.5 Å². The monoisotopic (exact) mass is 236 g/mol. The molecule has 0 spiro atoms. The summed E-state index contributed by atoms with van der Waals surface area (Å²) in [6, 6.07) is 0. The van der Waals surface area contributed by atoms with Crippen LogP contribution in [-0.2, 0) is 25.1 Å². The number of unbranched alkanes of at least 4 members (excludes halogenated alkanes) is 3. The Morgan fingerprint density at radius 3 is 2.50 bits per heavy atom. The number of hydrogen-bond acceptors (Lipinski definition) is 2. The highest BCUT2D eigenvalue weighted by Gasteiger charge is 1.98. The van der Waals surface area contributed by atoms with E-state index in [9.17, 15) is 0 Å². The van der Waals surface area contributed by atoms with Gasteiger partial charge in [0.05, 0.1) is 6.61 Å². The summed E-state index contributed by atoms with van der Waals surface area (Å²) in [7, 11) is -0.207. The van der Waals surface area contributed by atoms with Gasteiger partial charge in [0.1, 0.15) is 0 Å². The zero-order valence-electron chi connectivity index (χ0n) is 9.75. The second-order valence-corrected chi connectivity index (χ2v) is 6.44.